The first-order chi connectivity index (χ1) is 16.4. The standard InChI is InChI=1S/C26H25ClN4O3/c1-14-28-21-8-7-15(11-23(21)34-14)26(32)31-18-5-4-6-22(31)24-20(13-18)25(30(2)29-24)16-9-17(27)12-19(10-16)33-3/h7-12,18,22H,4-6,13H2,1-3H3/t18-,22+/m0/s1. The van der Waals surface area contributed by atoms with Gasteiger partial charge in [0.25, 0.3) is 5.91 Å². The third kappa shape index (κ3) is 3.29. The van der Waals surface area contributed by atoms with Gasteiger partial charge < -0.3 is 14.1 Å². The normalized spacial score (nSPS) is 19.4. The van der Waals surface area contributed by atoms with Crippen LogP contribution in [0.25, 0.3) is 22.4 Å². The van der Waals surface area contributed by atoms with Crippen molar-refractivity contribution in [3.05, 3.63) is 64.1 Å². The number of carbonyl (C=O) groups excluding carboxylic acids is 1. The number of aryl methyl sites for hydroxylation is 2. The average molecular weight is 477 g/mol. The second kappa shape index (κ2) is 7.87. The van der Waals surface area contributed by atoms with Gasteiger partial charge in [-0.3, -0.25) is 9.48 Å². The molecular weight excluding hydrogens is 452 g/mol. The Bertz CT molecular complexity index is 1440. The summed E-state index contributed by atoms with van der Waals surface area (Å²) in [5.74, 6) is 1.33. The number of aromatic nitrogens is 3. The molecule has 2 atom stereocenters. The fourth-order valence-electron chi connectivity index (χ4n) is 5.65. The summed E-state index contributed by atoms with van der Waals surface area (Å²) in [7, 11) is 3.59. The largest absolute Gasteiger partial charge is 0.497 e. The van der Waals surface area contributed by atoms with Crippen LogP contribution >= 0.6 is 11.6 Å². The number of hydrogen-bond acceptors (Lipinski definition) is 5. The summed E-state index contributed by atoms with van der Waals surface area (Å²) in [5.41, 5.74) is 6.23. The Kier molecular flexibility index (Phi) is 4.92. The van der Waals surface area contributed by atoms with Crippen LogP contribution in [-0.2, 0) is 13.5 Å². The number of carbonyl (C=O) groups is 1. The Balaban J connectivity index is 1.42. The number of ether oxygens (including phenoxy) is 1. The molecule has 0 saturated carbocycles. The molecule has 8 heteroatoms. The molecule has 1 fully saturated rings. The Morgan fingerprint density at radius 1 is 1.21 bits per heavy atom. The van der Waals surface area contributed by atoms with E-state index in [0.29, 0.717) is 27.8 Å². The Morgan fingerprint density at radius 2 is 2.06 bits per heavy atom. The van der Waals surface area contributed by atoms with Crippen molar-refractivity contribution in [1.82, 2.24) is 19.7 Å². The molecule has 2 bridgehead atoms. The zero-order chi connectivity index (χ0) is 23.6. The van der Waals surface area contributed by atoms with Crippen molar-refractivity contribution in [2.24, 2.45) is 7.05 Å². The number of rotatable bonds is 3. The van der Waals surface area contributed by atoms with E-state index < -0.39 is 0 Å². The van der Waals surface area contributed by atoms with Crippen LogP contribution in [0.15, 0.2) is 40.8 Å². The summed E-state index contributed by atoms with van der Waals surface area (Å²) in [6.45, 7) is 1.81. The average Bonchev–Trinajstić information content (AvgIpc) is 3.35. The number of amides is 1. The minimum atomic E-state index is -0.0526. The van der Waals surface area contributed by atoms with Gasteiger partial charge in [0.15, 0.2) is 11.5 Å². The number of nitrogens with zero attached hydrogens (tertiary/aromatic N) is 4. The number of piperidine rings is 1. The molecule has 4 heterocycles. The lowest BCUT2D eigenvalue weighted by Crippen LogP contribution is -2.49. The van der Waals surface area contributed by atoms with Gasteiger partial charge in [0.1, 0.15) is 11.3 Å². The van der Waals surface area contributed by atoms with Crippen LogP contribution in [0.2, 0.25) is 5.02 Å². The maximum absolute atomic E-state index is 13.8. The van der Waals surface area contributed by atoms with Crippen LogP contribution in [-0.4, -0.2) is 38.7 Å². The monoisotopic (exact) mass is 476 g/mol. The molecule has 6 rings (SSSR count). The highest BCUT2D eigenvalue weighted by Gasteiger charge is 2.43. The van der Waals surface area contributed by atoms with Crippen molar-refractivity contribution >= 4 is 28.6 Å². The molecule has 0 radical (unpaired) electrons. The van der Waals surface area contributed by atoms with Crippen molar-refractivity contribution in [2.75, 3.05) is 7.11 Å². The quantitative estimate of drug-likeness (QED) is 0.391. The fourth-order valence-corrected chi connectivity index (χ4v) is 5.87. The molecule has 0 N–H and O–H groups in total. The lowest BCUT2D eigenvalue weighted by Gasteiger charge is -2.45. The minimum Gasteiger partial charge on any atom is -0.497 e. The molecule has 4 aromatic rings. The molecule has 2 aliphatic heterocycles. The number of oxazole rings is 1. The summed E-state index contributed by atoms with van der Waals surface area (Å²) in [5, 5.41) is 5.54. The predicted molar refractivity (Wildman–Crippen MR) is 129 cm³/mol. The van der Waals surface area contributed by atoms with Gasteiger partial charge in [-0.25, -0.2) is 4.98 Å². The maximum atomic E-state index is 13.8. The molecule has 0 unspecified atom stereocenters. The molecule has 174 valence electrons. The Hall–Kier alpha value is -3.32. The molecule has 2 aliphatic rings. The first-order valence-electron chi connectivity index (χ1n) is 11.5. The van der Waals surface area contributed by atoms with E-state index in [1.54, 1.807) is 13.2 Å². The van der Waals surface area contributed by atoms with E-state index in [1.807, 2.05) is 53.9 Å². The topological polar surface area (TPSA) is 73.4 Å². The predicted octanol–water partition coefficient (Wildman–Crippen LogP) is 5.49. The van der Waals surface area contributed by atoms with Crippen LogP contribution in [0.1, 0.15) is 52.8 Å². The lowest BCUT2D eigenvalue weighted by atomic mass is 9.81. The molecule has 34 heavy (non-hydrogen) atoms. The van der Waals surface area contributed by atoms with Crippen LogP contribution in [0.4, 0.5) is 0 Å². The summed E-state index contributed by atoms with van der Waals surface area (Å²) in [4.78, 5) is 20.2. The van der Waals surface area contributed by atoms with Gasteiger partial charge in [0.05, 0.1) is 24.5 Å². The van der Waals surface area contributed by atoms with E-state index in [9.17, 15) is 4.79 Å². The van der Waals surface area contributed by atoms with Crippen molar-refractivity contribution in [1.29, 1.82) is 0 Å². The van der Waals surface area contributed by atoms with Crippen molar-refractivity contribution in [2.45, 2.75) is 44.7 Å². The molecular formula is C26H25ClN4O3. The van der Waals surface area contributed by atoms with Crippen molar-refractivity contribution in [3.63, 3.8) is 0 Å². The van der Waals surface area contributed by atoms with E-state index in [-0.39, 0.29) is 18.0 Å². The van der Waals surface area contributed by atoms with Crippen molar-refractivity contribution in [3.8, 4) is 17.0 Å². The molecule has 1 saturated heterocycles. The number of benzene rings is 2. The molecule has 2 aromatic heterocycles. The van der Waals surface area contributed by atoms with Gasteiger partial charge in [0, 0.05) is 41.7 Å². The van der Waals surface area contributed by atoms with Gasteiger partial charge in [-0.05, 0) is 62.1 Å². The van der Waals surface area contributed by atoms with Gasteiger partial charge in [0.2, 0.25) is 0 Å². The van der Waals surface area contributed by atoms with Crippen LogP contribution in [0.5, 0.6) is 5.75 Å². The van der Waals surface area contributed by atoms with Gasteiger partial charge >= 0.3 is 0 Å². The van der Waals surface area contributed by atoms with E-state index in [1.165, 1.54) is 5.56 Å². The molecule has 0 spiro atoms. The maximum Gasteiger partial charge on any atom is 0.254 e. The highest BCUT2D eigenvalue weighted by molar-refractivity contribution is 6.31. The SMILES string of the molecule is COc1cc(Cl)cc(-c2c3c(nn2C)[C@H]2CCC[C@@H](C3)N2C(=O)c2ccc3nc(C)oc3c2)c1. The fraction of sp³-hybridized carbons (Fsp3) is 0.346. The second-order valence-corrected chi connectivity index (χ2v) is 9.58. The zero-order valence-electron chi connectivity index (χ0n) is 19.3. The van der Waals surface area contributed by atoms with Crippen LogP contribution < -0.4 is 4.74 Å². The van der Waals surface area contributed by atoms with Crippen LogP contribution in [0, 0.1) is 6.92 Å². The number of hydrogen-bond donors (Lipinski definition) is 0. The van der Waals surface area contributed by atoms with Gasteiger partial charge in [-0.2, -0.15) is 5.10 Å². The third-order valence-electron chi connectivity index (χ3n) is 7.03. The minimum absolute atomic E-state index is 0.0212. The van der Waals surface area contributed by atoms with Gasteiger partial charge in [-0.15, -0.1) is 0 Å². The summed E-state index contributed by atoms with van der Waals surface area (Å²) >= 11 is 6.38. The van der Waals surface area contributed by atoms with Gasteiger partial charge in [-0.1, -0.05) is 11.6 Å². The molecule has 1 amide bonds. The van der Waals surface area contributed by atoms with E-state index in [4.69, 9.17) is 25.9 Å². The van der Waals surface area contributed by atoms with E-state index in [0.717, 1.165) is 48.2 Å². The summed E-state index contributed by atoms with van der Waals surface area (Å²) in [6.07, 6.45) is 3.71. The smallest absolute Gasteiger partial charge is 0.254 e. The first-order valence-corrected chi connectivity index (χ1v) is 11.9. The molecule has 7 nitrogen and oxygen atoms in total. The summed E-state index contributed by atoms with van der Waals surface area (Å²) < 4.78 is 13.0. The summed E-state index contributed by atoms with van der Waals surface area (Å²) in [6, 6.07) is 11.3. The molecule has 2 aromatic carbocycles. The van der Waals surface area contributed by atoms with E-state index in [2.05, 4.69) is 4.98 Å². The number of halogens is 1. The zero-order valence-corrected chi connectivity index (χ0v) is 20.1. The third-order valence-corrected chi connectivity index (χ3v) is 7.25. The van der Waals surface area contributed by atoms with Crippen molar-refractivity contribution < 1.29 is 13.9 Å². The molecule has 0 aliphatic carbocycles. The highest BCUT2D eigenvalue weighted by Crippen LogP contribution is 2.45. The first kappa shape index (κ1) is 21.2. The Morgan fingerprint density at radius 3 is 2.88 bits per heavy atom. The second-order valence-electron chi connectivity index (χ2n) is 9.15. The Labute approximate surface area is 202 Å². The van der Waals surface area contributed by atoms with Crippen LogP contribution in [0.3, 0.4) is 0 Å². The number of methoxy groups -OCH3 is 1. The lowest BCUT2D eigenvalue weighted by molar-refractivity contribution is 0.0392. The van der Waals surface area contributed by atoms with E-state index >= 15 is 0 Å². The highest BCUT2D eigenvalue weighted by atomic mass is 35.5. The number of fused-ring (bicyclic) bond motifs is 5.